The lowest BCUT2D eigenvalue weighted by Gasteiger charge is -2.20. The minimum absolute atomic E-state index is 0.0184. The number of hydrogen-bond acceptors (Lipinski definition) is 4. The zero-order valence-electron chi connectivity index (χ0n) is 9.03. The minimum atomic E-state index is 0.0184. The van der Waals surface area contributed by atoms with E-state index in [1.54, 1.807) is 0 Å². The molecule has 0 radical (unpaired) electrons. The number of anilines is 1. The number of nitrogens with zero attached hydrogens (tertiary/aromatic N) is 3. The van der Waals surface area contributed by atoms with Crippen LogP contribution < -0.4 is 10.2 Å². The van der Waals surface area contributed by atoms with E-state index in [0.717, 1.165) is 24.5 Å². The number of aromatic nitrogens is 2. The molecule has 0 aromatic carbocycles. The lowest BCUT2D eigenvalue weighted by molar-refractivity contribution is -0.119. The first-order chi connectivity index (χ1) is 7.65. The quantitative estimate of drug-likeness (QED) is 0.737. The molecule has 1 saturated heterocycles. The Morgan fingerprint density at radius 3 is 3.06 bits per heavy atom. The lowest BCUT2D eigenvalue weighted by Crippen LogP contribution is -2.33. The van der Waals surface area contributed by atoms with Crippen molar-refractivity contribution in [3.63, 3.8) is 0 Å². The van der Waals surface area contributed by atoms with Crippen LogP contribution in [-0.4, -0.2) is 35.5 Å². The molecule has 2 heterocycles. The smallest absolute Gasteiger partial charge is 0.239 e. The van der Waals surface area contributed by atoms with Gasteiger partial charge in [0.05, 0.1) is 6.54 Å². The normalized spacial score (nSPS) is 16.9. The number of rotatable bonds is 1. The monoisotopic (exact) mass is 240 g/mol. The third kappa shape index (κ3) is 2.61. The molecule has 1 fully saturated rings. The van der Waals surface area contributed by atoms with E-state index in [4.69, 9.17) is 11.6 Å². The second-order valence-electron chi connectivity index (χ2n) is 3.76. The van der Waals surface area contributed by atoms with Crippen LogP contribution in [-0.2, 0) is 4.79 Å². The molecule has 86 valence electrons. The van der Waals surface area contributed by atoms with E-state index in [2.05, 4.69) is 15.3 Å². The van der Waals surface area contributed by atoms with Crippen LogP contribution in [0, 0.1) is 6.92 Å². The molecular formula is C10H13ClN4O. The van der Waals surface area contributed by atoms with Crippen LogP contribution in [0.4, 0.5) is 5.82 Å². The first-order valence-electron chi connectivity index (χ1n) is 5.18. The molecule has 0 saturated carbocycles. The molecule has 1 aromatic heterocycles. The summed E-state index contributed by atoms with van der Waals surface area (Å²) in [6.07, 6.45) is 0.909. The predicted molar refractivity (Wildman–Crippen MR) is 61.6 cm³/mol. The summed E-state index contributed by atoms with van der Waals surface area (Å²) in [6.45, 7) is 3.69. The summed E-state index contributed by atoms with van der Waals surface area (Å²) in [6, 6.07) is 1.84. The third-order valence-corrected chi connectivity index (χ3v) is 2.57. The third-order valence-electron chi connectivity index (χ3n) is 2.40. The summed E-state index contributed by atoms with van der Waals surface area (Å²) < 4.78 is 0. The van der Waals surface area contributed by atoms with Gasteiger partial charge in [-0.2, -0.15) is 0 Å². The maximum absolute atomic E-state index is 11.4. The van der Waals surface area contributed by atoms with E-state index >= 15 is 0 Å². The molecule has 0 atom stereocenters. The molecule has 2 rings (SSSR count). The molecule has 0 aliphatic carbocycles. The zero-order chi connectivity index (χ0) is 11.5. The van der Waals surface area contributed by atoms with Crippen molar-refractivity contribution in [3.05, 3.63) is 17.0 Å². The van der Waals surface area contributed by atoms with Crippen molar-refractivity contribution in [2.24, 2.45) is 0 Å². The number of nitrogens with one attached hydrogen (secondary N) is 1. The Bertz CT molecular complexity index is 390. The lowest BCUT2D eigenvalue weighted by atomic mass is 10.3. The molecule has 1 amide bonds. The standard InChI is InChI=1S/C10H13ClN4O/c1-7-5-8(14-10(11)13-7)15-4-2-3-12-9(16)6-15/h5H,2-4,6H2,1H3,(H,12,16). The molecule has 0 bridgehead atoms. The highest BCUT2D eigenvalue weighted by Crippen LogP contribution is 2.15. The van der Waals surface area contributed by atoms with Gasteiger partial charge in [0, 0.05) is 24.8 Å². The van der Waals surface area contributed by atoms with Crippen molar-refractivity contribution in [3.8, 4) is 0 Å². The Morgan fingerprint density at radius 2 is 2.31 bits per heavy atom. The Kier molecular flexibility index (Phi) is 3.24. The number of carbonyl (C=O) groups excluding carboxylic acids is 1. The molecule has 0 spiro atoms. The highest BCUT2D eigenvalue weighted by atomic mass is 35.5. The molecule has 5 nitrogen and oxygen atoms in total. The second kappa shape index (κ2) is 4.65. The van der Waals surface area contributed by atoms with Crippen molar-refractivity contribution in [1.29, 1.82) is 0 Å². The average molecular weight is 241 g/mol. The van der Waals surface area contributed by atoms with Gasteiger partial charge in [-0.15, -0.1) is 0 Å². The summed E-state index contributed by atoms with van der Waals surface area (Å²) in [5.74, 6) is 0.736. The van der Waals surface area contributed by atoms with Crippen LogP contribution >= 0.6 is 11.6 Å². The molecule has 1 N–H and O–H groups in total. The molecule has 0 unspecified atom stereocenters. The Morgan fingerprint density at radius 1 is 1.50 bits per heavy atom. The molecule has 6 heteroatoms. The largest absolute Gasteiger partial charge is 0.354 e. The SMILES string of the molecule is Cc1cc(N2CCCNC(=O)C2)nc(Cl)n1. The van der Waals surface area contributed by atoms with Crippen molar-refractivity contribution in [2.75, 3.05) is 24.5 Å². The number of carbonyl (C=O) groups is 1. The van der Waals surface area contributed by atoms with Gasteiger partial charge in [0.1, 0.15) is 5.82 Å². The van der Waals surface area contributed by atoms with Gasteiger partial charge in [-0.05, 0) is 24.9 Å². The number of aryl methyl sites for hydroxylation is 1. The zero-order valence-corrected chi connectivity index (χ0v) is 9.79. The average Bonchev–Trinajstić information content (AvgIpc) is 2.41. The summed E-state index contributed by atoms with van der Waals surface area (Å²) in [5.41, 5.74) is 0.805. The molecular weight excluding hydrogens is 228 g/mol. The van der Waals surface area contributed by atoms with Gasteiger partial charge in [-0.1, -0.05) is 0 Å². The van der Waals surface area contributed by atoms with Crippen LogP contribution in [0.15, 0.2) is 6.07 Å². The van der Waals surface area contributed by atoms with E-state index in [1.807, 2.05) is 17.9 Å². The summed E-state index contributed by atoms with van der Waals surface area (Å²) in [4.78, 5) is 21.5. The number of hydrogen-bond donors (Lipinski definition) is 1. The Balaban J connectivity index is 2.24. The first-order valence-corrected chi connectivity index (χ1v) is 5.56. The van der Waals surface area contributed by atoms with Crippen LogP contribution in [0.1, 0.15) is 12.1 Å². The fourth-order valence-corrected chi connectivity index (χ4v) is 1.90. The fourth-order valence-electron chi connectivity index (χ4n) is 1.68. The predicted octanol–water partition coefficient (Wildman–Crippen LogP) is 0.765. The Hall–Kier alpha value is -1.36. The Labute approximate surface area is 98.8 Å². The molecule has 1 aromatic rings. The van der Waals surface area contributed by atoms with Crippen molar-refractivity contribution in [1.82, 2.24) is 15.3 Å². The number of amides is 1. The van der Waals surface area contributed by atoms with E-state index in [-0.39, 0.29) is 11.2 Å². The number of halogens is 1. The van der Waals surface area contributed by atoms with Crippen LogP contribution in [0.5, 0.6) is 0 Å². The maximum Gasteiger partial charge on any atom is 0.239 e. The highest BCUT2D eigenvalue weighted by molar-refractivity contribution is 6.28. The van der Waals surface area contributed by atoms with Gasteiger partial charge in [-0.3, -0.25) is 4.79 Å². The first kappa shape index (κ1) is 11.1. The van der Waals surface area contributed by atoms with Gasteiger partial charge >= 0.3 is 0 Å². The van der Waals surface area contributed by atoms with Gasteiger partial charge in [-0.25, -0.2) is 9.97 Å². The fraction of sp³-hybridized carbons (Fsp3) is 0.500. The van der Waals surface area contributed by atoms with Gasteiger partial charge in [0.2, 0.25) is 11.2 Å². The summed E-state index contributed by atoms with van der Waals surface area (Å²) in [5, 5.41) is 3.04. The molecule has 1 aliphatic rings. The minimum Gasteiger partial charge on any atom is -0.354 e. The van der Waals surface area contributed by atoms with Crippen molar-refractivity contribution >= 4 is 23.3 Å². The van der Waals surface area contributed by atoms with Gasteiger partial charge in [0.15, 0.2) is 0 Å². The van der Waals surface area contributed by atoms with E-state index in [9.17, 15) is 4.79 Å². The summed E-state index contributed by atoms with van der Waals surface area (Å²) in [7, 11) is 0. The van der Waals surface area contributed by atoms with E-state index in [0.29, 0.717) is 13.1 Å². The molecule has 16 heavy (non-hydrogen) atoms. The van der Waals surface area contributed by atoms with Crippen molar-refractivity contribution in [2.45, 2.75) is 13.3 Å². The van der Waals surface area contributed by atoms with Crippen LogP contribution in [0.2, 0.25) is 5.28 Å². The second-order valence-corrected chi connectivity index (χ2v) is 4.10. The molecule has 1 aliphatic heterocycles. The maximum atomic E-state index is 11.4. The van der Waals surface area contributed by atoms with Gasteiger partial charge < -0.3 is 10.2 Å². The summed E-state index contributed by atoms with van der Waals surface area (Å²) >= 11 is 5.80. The van der Waals surface area contributed by atoms with Gasteiger partial charge in [0.25, 0.3) is 0 Å². The van der Waals surface area contributed by atoms with Crippen LogP contribution in [0.3, 0.4) is 0 Å². The van der Waals surface area contributed by atoms with Crippen molar-refractivity contribution < 1.29 is 4.79 Å². The van der Waals surface area contributed by atoms with Crippen LogP contribution in [0.25, 0.3) is 0 Å². The van der Waals surface area contributed by atoms with E-state index < -0.39 is 0 Å². The van der Waals surface area contributed by atoms with E-state index in [1.165, 1.54) is 0 Å². The topological polar surface area (TPSA) is 58.1 Å². The highest BCUT2D eigenvalue weighted by Gasteiger charge is 2.16.